The van der Waals surface area contributed by atoms with Crippen LogP contribution in [0.2, 0.25) is 0 Å². The van der Waals surface area contributed by atoms with E-state index in [9.17, 15) is 0 Å². The molecule has 0 aliphatic carbocycles. The largest absolute Gasteiger partial charge is 0.386 e. The Kier molecular flexibility index (Phi) is 3.81. The highest BCUT2D eigenvalue weighted by molar-refractivity contribution is 6.28. The van der Waals surface area contributed by atoms with Gasteiger partial charge in [-0.25, -0.2) is 4.99 Å². The molecule has 0 atom stereocenters. The van der Waals surface area contributed by atoms with Crippen LogP contribution in [0.25, 0.3) is 16.7 Å². The topological polar surface area (TPSA) is 69.1 Å². The van der Waals surface area contributed by atoms with E-state index in [1.165, 1.54) is 5.56 Å². The summed E-state index contributed by atoms with van der Waals surface area (Å²) in [5, 5.41) is 9.02. The van der Waals surface area contributed by atoms with Crippen molar-refractivity contribution in [3.8, 4) is 5.69 Å². The summed E-state index contributed by atoms with van der Waals surface area (Å²) < 4.78 is 0. The Bertz CT molecular complexity index is 849. The Balaban J connectivity index is 2.08. The van der Waals surface area contributed by atoms with Crippen LogP contribution in [0.4, 0.5) is 5.69 Å². The van der Waals surface area contributed by atoms with Gasteiger partial charge in [0.2, 0.25) is 0 Å². The van der Waals surface area contributed by atoms with Crippen LogP contribution in [0.15, 0.2) is 41.4 Å². The summed E-state index contributed by atoms with van der Waals surface area (Å²) in [6.07, 6.45) is 0. The molecule has 0 saturated carbocycles. The lowest BCUT2D eigenvalue weighted by molar-refractivity contribution is 0.765. The Hall–Kier alpha value is -2.40. The van der Waals surface area contributed by atoms with Gasteiger partial charge in [0, 0.05) is 0 Å². The number of aromatic nitrogens is 3. The highest BCUT2D eigenvalue weighted by Crippen LogP contribution is 2.24. The van der Waals surface area contributed by atoms with E-state index in [0.29, 0.717) is 5.84 Å². The SMILES string of the molecule is Cc1ccc(-n2nc3cc(C)c(N=C(N)CCl)cc3n2)cc1. The third-order valence-electron chi connectivity index (χ3n) is 3.36. The number of nitrogens with two attached hydrogens (primary N) is 1. The molecule has 0 spiro atoms. The van der Waals surface area contributed by atoms with Gasteiger partial charge in [0.1, 0.15) is 16.9 Å². The van der Waals surface area contributed by atoms with Crippen LogP contribution in [0, 0.1) is 13.8 Å². The highest BCUT2D eigenvalue weighted by atomic mass is 35.5. The number of fused-ring (bicyclic) bond motifs is 1. The number of hydrogen-bond donors (Lipinski definition) is 1. The smallest absolute Gasteiger partial charge is 0.115 e. The number of rotatable bonds is 3. The fourth-order valence-electron chi connectivity index (χ4n) is 2.16. The molecule has 5 nitrogen and oxygen atoms in total. The van der Waals surface area contributed by atoms with Crippen LogP contribution >= 0.6 is 11.6 Å². The zero-order valence-corrected chi connectivity index (χ0v) is 13.2. The van der Waals surface area contributed by atoms with Crippen molar-refractivity contribution < 1.29 is 0 Å². The minimum atomic E-state index is 0.202. The summed E-state index contributed by atoms with van der Waals surface area (Å²) in [6, 6.07) is 11.9. The Morgan fingerprint density at radius 3 is 2.41 bits per heavy atom. The molecule has 2 aromatic carbocycles. The van der Waals surface area contributed by atoms with Crippen molar-refractivity contribution in [3.05, 3.63) is 47.5 Å². The minimum Gasteiger partial charge on any atom is -0.386 e. The third-order valence-corrected chi connectivity index (χ3v) is 3.64. The van der Waals surface area contributed by atoms with Gasteiger partial charge >= 0.3 is 0 Å². The van der Waals surface area contributed by atoms with E-state index in [2.05, 4.69) is 15.2 Å². The molecular weight excluding hydrogens is 298 g/mol. The maximum atomic E-state index is 5.71. The van der Waals surface area contributed by atoms with Crippen molar-refractivity contribution in [2.75, 3.05) is 5.88 Å². The number of benzene rings is 2. The summed E-state index contributed by atoms with van der Waals surface area (Å²) in [5.74, 6) is 0.586. The van der Waals surface area contributed by atoms with Crippen LogP contribution in [0.1, 0.15) is 11.1 Å². The van der Waals surface area contributed by atoms with Crippen molar-refractivity contribution in [2.24, 2.45) is 10.7 Å². The molecule has 0 radical (unpaired) electrons. The maximum Gasteiger partial charge on any atom is 0.115 e. The zero-order valence-electron chi connectivity index (χ0n) is 12.4. The van der Waals surface area contributed by atoms with E-state index in [4.69, 9.17) is 17.3 Å². The second-order valence-electron chi connectivity index (χ2n) is 5.19. The van der Waals surface area contributed by atoms with Crippen molar-refractivity contribution in [3.63, 3.8) is 0 Å². The molecule has 3 rings (SSSR count). The van der Waals surface area contributed by atoms with Crippen LogP contribution in [0.3, 0.4) is 0 Å². The Morgan fingerprint density at radius 2 is 1.77 bits per heavy atom. The van der Waals surface area contributed by atoms with E-state index in [1.807, 2.05) is 50.2 Å². The highest BCUT2D eigenvalue weighted by Gasteiger charge is 2.08. The van der Waals surface area contributed by atoms with Crippen molar-refractivity contribution >= 4 is 34.2 Å². The maximum absolute atomic E-state index is 5.71. The summed E-state index contributed by atoms with van der Waals surface area (Å²) in [6.45, 7) is 4.01. The molecule has 1 heterocycles. The fourth-order valence-corrected chi connectivity index (χ4v) is 2.22. The number of aliphatic imine (C=N–C) groups is 1. The molecule has 0 aliphatic rings. The number of nitrogens with zero attached hydrogens (tertiary/aromatic N) is 4. The van der Waals surface area contributed by atoms with E-state index >= 15 is 0 Å². The molecule has 3 aromatic rings. The summed E-state index contributed by atoms with van der Waals surface area (Å²) in [7, 11) is 0. The van der Waals surface area contributed by atoms with Gasteiger partial charge in [-0.3, -0.25) is 0 Å². The summed E-state index contributed by atoms with van der Waals surface area (Å²) >= 11 is 5.68. The molecule has 0 aliphatic heterocycles. The number of amidine groups is 1. The number of alkyl halides is 1. The van der Waals surface area contributed by atoms with Gasteiger partial charge in [-0.2, -0.15) is 4.80 Å². The molecule has 0 bridgehead atoms. The van der Waals surface area contributed by atoms with Gasteiger partial charge in [0.15, 0.2) is 0 Å². The molecule has 0 fully saturated rings. The molecule has 1 aromatic heterocycles. The quantitative estimate of drug-likeness (QED) is 0.458. The van der Waals surface area contributed by atoms with Gasteiger partial charge in [0.05, 0.1) is 17.3 Å². The van der Waals surface area contributed by atoms with E-state index < -0.39 is 0 Å². The average molecular weight is 314 g/mol. The number of aryl methyl sites for hydroxylation is 2. The number of hydrogen-bond acceptors (Lipinski definition) is 3. The fraction of sp³-hybridized carbons (Fsp3) is 0.188. The first kappa shape index (κ1) is 14.5. The predicted octanol–water partition coefficient (Wildman–Crippen LogP) is 3.26. The molecule has 22 heavy (non-hydrogen) atoms. The average Bonchev–Trinajstić information content (AvgIpc) is 2.90. The monoisotopic (exact) mass is 313 g/mol. The van der Waals surface area contributed by atoms with Crippen molar-refractivity contribution in [2.45, 2.75) is 13.8 Å². The second kappa shape index (κ2) is 5.77. The molecule has 6 heteroatoms. The Labute approximate surface area is 133 Å². The molecule has 0 amide bonds. The molecule has 0 unspecified atom stereocenters. The van der Waals surface area contributed by atoms with Gasteiger partial charge in [0.25, 0.3) is 0 Å². The van der Waals surface area contributed by atoms with E-state index in [0.717, 1.165) is 28.0 Å². The Morgan fingerprint density at radius 1 is 1.14 bits per heavy atom. The predicted molar refractivity (Wildman–Crippen MR) is 90.3 cm³/mol. The third kappa shape index (κ3) is 2.80. The lowest BCUT2D eigenvalue weighted by Crippen LogP contribution is -2.12. The normalized spacial score (nSPS) is 12.0. The summed E-state index contributed by atoms with van der Waals surface area (Å²) in [5.41, 5.74) is 11.2. The first-order valence-corrected chi connectivity index (χ1v) is 7.44. The van der Waals surface area contributed by atoms with Crippen LogP contribution in [0.5, 0.6) is 0 Å². The lowest BCUT2D eigenvalue weighted by atomic mass is 10.2. The van der Waals surface area contributed by atoms with Crippen LogP contribution in [-0.2, 0) is 0 Å². The van der Waals surface area contributed by atoms with E-state index in [1.54, 1.807) is 4.80 Å². The first-order chi connectivity index (χ1) is 10.6. The van der Waals surface area contributed by atoms with Crippen LogP contribution < -0.4 is 5.73 Å². The van der Waals surface area contributed by atoms with Gasteiger partial charge < -0.3 is 5.73 Å². The standard InChI is InChI=1S/C16H16ClN5/c1-10-3-5-12(6-4-10)22-20-14-7-11(2)13(8-15(14)21-22)19-16(18)9-17/h3-8H,9H2,1-2H3,(H2,18,19). The van der Waals surface area contributed by atoms with Crippen LogP contribution in [-0.4, -0.2) is 26.7 Å². The first-order valence-electron chi connectivity index (χ1n) is 6.90. The van der Waals surface area contributed by atoms with Gasteiger partial charge in [-0.1, -0.05) is 17.7 Å². The lowest BCUT2D eigenvalue weighted by Gasteiger charge is -2.00. The molecule has 112 valence electrons. The van der Waals surface area contributed by atoms with Gasteiger partial charge in [-0.15, -0.1) is 21.8 Å². The minimum absolute atomic E-state index is 0.202. The molecule has 0 saturated heterocycles. The summed E-state index contributed by atoms with van der Waals surface area (Å²) in [4.78, 5) is 5.93. The molecule has 2 N–H and O–H groups in total. The van der Waals surface area contributed by atoms with Gasteiger partial charge in [-0.05, 0) is 43.7 Å². The van der Waals surface area contributed by atoms with E-state index in [-0.39, 0.29) is 5.88 Å². The van der Waals surface area contributed by atoms with Crippen molar-refractivity contribution in [1.82, 2.24) is 15.0 Å². The van der Waals surface area contributed by atoms with Crippen molar-refractivity contribution in [1.29, 1.82) is 0 Å². The molecular formula is C16H16ClN5. The number of halogens is 1. The zero-order chi connectivity index (χ0) is 15.7. The second-order valence-corrected chi connectivity index (χ2v) is 5.46.